The fourth-order valence-corrected chi connectivity index (χ4v) is 2.14. The zero-order valence-electron chi connectivity index (χ0n) is 13.6. The molecule has 27 heavy (non-hydrogen) atoms. The van der Waals surface area contributed by atoms with Gasteiger partial charge in [-0.15, -0.1) is 0 Å². The molecule has 3 heterocycles. The maximum atomic E-state index is 12.5. The second-order valence-corrected chi connectivity index (χ2v) is 5.15. The number of aromatic nitrogens is 5. The number of halogens is 3. The lowest BCUT2D eigenvalue weighted by Crippen LogP contribution is -2.22. The maximum absolute atomic E-state index is 12.5. The molecule has 3 aromatic rings. The molecule has 0 aliphatic heterocycles. The zero-order valence-corrected chi connectivity index (χ0v) is 13.6. The van der Waals surface area contributed by atoms with Crippen molar-refractivity contribution in [2.24, 2.45) is 0 Å². The summed E-state index contributed by atoms with van der Waals surface area (Å²) in [6.07, 6.45) is -0.831. The lowest BCUT2D eigenvalue weighted by atomic mass is 10.2. The summed E-state index contributed by atoms with van der Waals surface area (Å²) in [5.41, 5.74) is -0.391. The van der Waals surface area contributed by atoms with Crippen LogP contribution in [0.2, 0.25) is 0 Å². The number of nitrogens with zero attached hydrogens (tertiary/aromatic N) is 5. The number of pyridine rings is 1. The molecule has 0 aliphatic rings. The fraction of sp³-hybridized carbons (Fsp3) is 0.200. The van der Waals surface area contributed by atoms with Crippen LogP contribution in [0, 0.1) is 0 Å². The largest absolute Gasteiger partial charge is 0.471 e. The molecule has 3 aromatic heterocycles. The van der Waals surface area contributed by atoms with Crippen LogP contribution in [-0.2, 0) is 17.5 Å². The van der Waals surface area contributed by atoms with E-state index in [2.05, 4.69) is 29.4 Å². The van der Waals surface area contributed by atoms with Crippen LogP contribution in [0.4, 0.5) is 13.2 Å². The third-order valence-corrected chi connectivity index (χ3v) is 3.40. The Morgan fingerprint density at radius 1 is 1.30 bits per heavy atom. The Kier molecular flexibility index (Phi) is 4.71. The van der Waals surface area contributed by atoms with E-state index < -0.39 is 23.6 Å². The Bertz CT molecular complexity index is 1040. The molecular weight excluding hydrogens is 371 g/mol. The van der Waals surface area contributed by atoms with Crippen molar-refractivity contribution in [3.05, 3.63) is 58.4 Å². The van der Waals surface area contributed by atoms with E-state index in [1.165, 1.54) is 36.3 Å². The summed E-state index contributed by atoms with van der Waals surface area (Å²) in [7, 11) is 1.18. The number of carbonyl (C=O) groups excluding carboxylic acids is 1. The van der Waals surface area contributed by atoms with Crippen molar-refractivity contribution >= 4 is 5.97 Å². The van der Waals surface area contributed by atoms with Crippen molar-refractivity contribution in [1.82, 2.24) is 24.7 Å². The van der Waals surface area contributed by atoms with Gasteiger partial charge in [-0.2, -0.15) is 18.2 Å². The molecule has 0 amide bonds. The summed E-state index contributed by atoms with van der Waals surface area (Å²) in [5, 5.41) is 3.22. The lowest BCUT2D eigenvalue weighted by Gasteiger charge is -2.08. The van der Waals surface area contributed by atoms with Crippen LogP contribution in [0.1, 0.15) is 22.1 Å². The van der Waals surface area contributed by atoms with Gasteiger partial charge in [0.05, 0.1) is 19.3 Å². The molecule has 140 valence electrons. The minimum Gasteiger partial charge on any atom is -0.464 e. The van der Waals surface area contributed by atoms with E-state index in [0.717, 1.165) is 6.07 Å². The van der Waals surface area contributed by atoms with Gasteiger partial charge in [-0.1, -0.05) is 5.16 Å². The highest BCUT2D eigenvalue weighted by Crippen LogP contribution is 2.29. The molecule has 0 N–H and O–H groups in total. The molecule has 0 spiro atoms. The molecule has 0 radical (unpaired) electrons. The van der Waals surface area contributed by atoms with Crippen LogP contribution < -0.4 is 5.56 Å². The molecule has 0 aromatic carbocycles. The first kappa shape index (κ1) is 18.2. The van der Waals surface area contributed by atoms with Crippen LogP contribution in [0.3, 0.4) is 0 Å². The summed E-state index contributed by atoms with van der Waals surface area (Å²) in [5.74, 6) is -2.60. The van der Waals surface area contributed by atoms with Gasteiger partial charge in [-0.05, 0) is 6.07 Å². The predicted molar refractivity (Wildman–Crippen MR) is 81.5 cm³/mol. The van der Waals surface area contributed by atoms with Crippen LogP contribution in [0.15, 0.2) is 40.0 Å². The average Bonchev–Trinajstić information content (AvgIpc) is 3.14. The highest BCUT2D eigenvalue weighted by atomic mass is 19.4. The number of carbonyl (C=O) groups is 1. The fourth-order valence-electron chi connectivity index (χ4n) is 2.14. The van der Waals surface area contributed by atoms with Gasteiger partial charge in [0.15, 0.2) is 5.69 Å². The standard InChI is InChI=1S/C15H10F3N5O4/c1-26-13(25)11-9(19-3-4-20-11)7-23-5-2-8(6-10(23)24)12-21-14(27-22-12)15(16,17)18/h2-6H,7H2,1H3. The molecule has 0 saturated heterocycles. The number of ether oxygens (including phenoxy) is 1. The number of rotatable bonds is 4. The quantitative estimate of drug-likeness (QED) is 0.626. The predicted octanol–water partition coefficient (Wildman–Crippen LogP) is 1.54. The third-order valence-electron chi connectivity index (χ3n) is 3.40. The number of hydrogen-bond acceptors (Lipinski definition) is 8. The molecule has 0 bridgehead atoms. The number of methoxy groups -OCH3 is 1. The van der Waals surface area contributed by atoms with Crippen LogP contribution >= 0.6 is 0 Å². The number of esters is 1. The second kappa shape index (κ2) is 6.97. The van der Waals surface area contributed by atoms with Crippen molar-refractivity contribution in [3.63, 3.8) is 0 Å². The highest BCUT2D eigenvalue weighted by molar-refractivity contribution is 5.88. The number of hydrogen-bond donors (Lipinski definition) is 0. The summed E-state index contributed by atoms with van der Waals surface area (Å²) in [6, 6.07) is 2.37. The number of alkyl halides is 3. The van der Waals surface area contributed by atoms with Gasteiger partial charge >= 0.3 is 18.0 Å². The van der Waals surface area contributed by atoms with Gasteiger partial charge in [0, 0.05) is 30.2 Å². The Morgan fingerprint density at radius 3 is 2.67 bits per heavy atom. The SMILES string of the molecule is COC(=O)c1nccnc1Cn1ccc(-c2noc(C(F)(F)F)n2)cc1=O. The van der Waals surface area contributed by atoms with Crippen LogP contribution in [0.25, 0.3) is 11.4 Å². The van der Waals surface area contributed by atoms with Crippen LogP contribution in [-0.4, -0.2) is 37.8 Å². The Balaban J connectivity index is 1.90. The first-order chi connectivity index (χ1) is 12.8. The molecule has 9 nitrogen and oxygen atoms in total. The average molecular weight is 381 g/mol. The molecular formula is C15H10F3N5O4. The maximum Gasteiger partial charge on any atom is 0.471 e. The van der Waals surface area contributed by atoms with Gasteiger partial charge in [0.2, 0.25) is 5.82 Å². The van der Waals surface area contributed by atoms with E-state index in [4.69, 9.17) is 0 Å². The van der Waals surface area contributed by atoms with Crippen molar-refractivity contribution in [2.75, 3.05) is 7.11 Å². The topological polar surface area (TPSA) is 113 Å². The van der Waals surface area contributed by atoms with Crippen molar-refractivity contribution in [3.8, 4) is 11.4 Å². The van der Waals surface area contributed by atoms with E-state index in [9.17, 15) is 22.8 Å². The van der Waals surface area contributed by atoms with Gasteiger partial charge in [0.1, 0.15) is 0 Å². The van der Waals surface area contributed by atoms with E-state index in [-0.39, 0.29) is 29.3 Å². The van der Waals surface area contributed by atoms with Gasteiger partial charge in [0.25, 0.3) is 5.56 Å². The van der Waals surface area contributed by atoms with Crippen LogP contribution in [0.5, 0.6) is 0 Å². The van der Waals surface area contributed by atoms with Gasteiger partial charge in [-0.3, -0.25) is 9.78 Å². The Labute approximate surface area is 148 Å². The summed E-state index contributed by atoms with van der Waals surface area (Å²) in [4.78, 5) is 35.1. The molecule has 0 atom stereocenters. The minimum atomic E-state index is -4.78. The summed E-state index contributed by atoms with van der Waals surface area (Å²) < 4.78 is 47.5. The normalized spacial score (nSPS) is 11.4. The summed E-state index contributed by atoms with van der Waals surface area (Å²) >= 11 is 0. The van der Waals surface area contributed by atoms with E-state index in [1.54, 1.807) is 0 Å². The lowest BCUT2D eigenvalue weighted by molar-refractivity contribution is -0.159. The van der Waals surface area contributed by atoms with Gasteiger partial charge in [-0.25, -0.2) is 9.78 Å². The Hall–Kier alpha value is -3.57. The van der Waals surface area contributed by atoms with Crippen molar-refractivity contribution in [1.29, 1.82) is 0 Å². The van der Waals surface area contributed by atoms with E-state index in [1.807, 2.05) is 0 Å². The highest BCUT2D eigenvalue weighted by Gasteiger charge is 2.38. The van der Waals surface area contributed by atoms with Crippen molar-refractivity contribution in [2.45, 2.75) is 12.7 Å². The van der Waals surface area contributed by atoms with Gasteiger partial charge < -0.3 is 13.8 Å². The smallest absolute Gasteiger partial charge is 0.464 e. The monoisotopic (exact) mass is 381 g/mol. The first-order valence-corrected chi connectivity index (χ1v) is 7.29. The molecule has 12 heteroatoms. The minimum absolute atomic E-state index is 0.0443. The van der Waals surface area contributed by atoms with E-state index in [0.29, 0.717) is 0 Å². The summed E-state index contributed by atoms with van der Waals surface area (Å²) in [6.45, 7) is -0.0998. The third kappa shape index (κ3) is 3.83. The van der Waals surface area contributed by atoms with Crippen molar-refractivity contribution < 1.29 is 27.2 Å². The zero-order chi connectivity index (χ0) is 19.6. The molecule has 3 rings (SSSR count). The Morgan fingerprint density at radius 2 is 2.04 bits per heavy atom. The van der Waals surface area contributed by atoms with E-state index >= 15 is 0 Å². The first-order valence-electron chi connectivity index (χ1n) is 7.29. The molecule has 0 unspecified atom stereocenters. The molecule has 0 fully saturated rings. The second-order valence-electron chi connectivity index (χ2n) is 5.15. The molecule has 0 aliphatic carbocycles. The molecule has 0 saturated carbocycles.